The zero-order valence-electron chi connectivity index (χ0n) is 17.1. The zero-order valence-corrected chi connectivity index (χ0v) is 17.1. The van der Waals surface area contributed by atoms with Crippen molar-refractivity contribution in [3.8, 4) is 5.75 Å². The van der Waals surface area contributed by atoms with E-state index in [1.165, 1.54) is 58.1 Å². The molecule has 0 N–H and O–H groups in total. The van der Waals surface area contributed by atoms with E-state index in [-0.39, 0.29) is 17.1 Å². The molecule has 2 fully saturated rings. The van der Waals surface area contributed by atoms with Crippen LogP contribution >= 0.6 is 0 Å². The summed E-state index contributed by atoms with van der Waals surface area (Å²) in [6.45, 7) is 2.27. The van der Waals surface area contributed by atoms with Crippen molar-refractivity contribution in [3.05, 3.63) is 41.5 Å². The summed E-state index contributed by atoms with van der Waals surface area (Å²) in [6.07, 6.45) is 11.3. The minimum atomic E-state index is -0.529. The monoisotopic (exact) mass is 386 g/mol. The van der Waals surface area contributed by atoms with Gasteiger partial charge in [-0.25, -0.2) is 8.78 Å². The Hall–Kier alpha value is -1.64. The molecular weight excluding hydrogens is 354 g/mol. The Morgan fingerprint density at radius 2 is 1.79 bits per heavy atom. The Kier molecular flexibility index (Phi) is 5.89. The summed E-state index contributed by atoms with van der Waals surface area (Å²) in [4.78, 5) is 0. The van der Waals surface area contributed by atoms with Crippen LogP contribution < -0.4 is 4.74 Å². The van der Waals surface area contributed by atoms with E-state index in [2.05, 4.69) is 6.92 Å². The summed E-state index contributed by atoms with van der Waals surface area (Å²) >= 11 is 0. The van der Waals surface area contributed by atoms with Crippen LogP contribution in [0.25, 0.3) is 10.8 Å². The molecule has 2 aliphatic carbocycles. The minimum Gasteiger partial charge on any atom is -0.497 e. The number of halogens is 2. The summed E-state index contributed by atoms with van der Waals surface area (Å²) in [6, 6.07) is 6.73. The second-order valence-corrected chi connectivity index (χ2v) is 9.03. The standard InChI is InChI=1S/C25H32F2O/c1-3-4-5-16-6-7-18-13-19(9-8-17(18)12-16)22-11-10-20-14-21(28-2)15-23(26)24(20)25(22)27/h10-11,14-19H,3-9,12-13H2,1-2H3/t16?,17-,18?,19-/m1/s1. The number of methoxy groups -OCH3 is 1. The zero-order chi connectivity index (χ0) is 19.7. The molecule has 0 saturated heterocycles. The molecule has 4 atom stereocenters. The molecule has 2 aromatic carbocycles. The highest BCUT2D eigenvalue weighted by Crippen LogP contribution is 2.49. The van der Waals surface area contributed by atoms with Gasteiger partial charge in [-0.2, -0.15) is 0 Å². The fourth-order valence-electron chi connectivity index (χ4n) is 5.82. The first-order valence-electron chi connectivity index (χ1n) is 11.1. The Morgan fingerprint density at radius 1 is 1.00 bits per heavy atom. The molecule has 0 bridgehead atoms. The van der Waals surface area contributed by atoms with Crippen LogP contribution in [0.15, 0.2) is 24.3 Å². The molecular formula is C25H32F2O. The van der Waals surface area contributed by atoms with Gasteiger partial charge in [0.05, 0.1) is 12.5 Å². The first-order chi connectivity index (χ1) is 13.6. The second-order valence-electron chi connectivity index (χ2n) is 9.03. The quantitative estimate of drug-likeness (QED) is 0.513. The molecule has 2 unspecified atom stereocenters. The highest BCUT2D eigenvalue weighted by atomic mass is 19.1. The van der Waals surface area contributed by atoms with Crippen molar-refractivity contribution in [1.29, 1.82) is 0 Å². The van der Waals surface area contributed by atoms with Gasteiger partial charge in [-0.3, -0.25) is 0 Å². The van der Waals surface area contributed by atoms with Crippen molar-refractivity contribution >= 4 is 10.8 Å². The van der Waals surface area contributed by atoms with E-state index in [0.29, 0.717) is 22.6 Å². The molecule has 1 nitrogen and oxygen atoms in total. The molecule has 2 aliphatic rings. The average molecular weight is 387 g/mol. The summed E-state index contributed by atoms with van der Waals surface area (Å²) in [7, 11) is 1.50. The van der Waals surface area contributed by atoms with Crippen molar-refractivity contribution in [1.82, 2.24) is 0 Å². The highest BCUT2D eigenvalue weighted by Gasteiger charge is 2.36. The third-order valence-corrected chi connectivity index (χ3v) is 7.37. The predicted molar refractivity (Wildman–Crippen MR) is 111 cm³/mol. The van der Waals surface area contributed by atoms with E-state index in [9.17, 15) is 4.39 Å². The molecule has 152 valence electrons. The van der Waals surface area contributed by atoms with Crippen molar-refractivity contribution in [3.63, 3.8) is 0 Å². The fraction of sp³-hybridized carbons (Fsp3) is 0.600. The maximum absolute atomic E-state index is 15.3. The normalized spacial score (nSPS) is 27.6. The summed E-state index contributed by atoms with van der Waals surface area (Å²) in [5.74, 6) is 2.19. The lowest BCUT2D eigenvalue weighted by Crippen LogP contribution is -2.30. The summed E-state index contributed by atoms with van der Waals surface area (Å²) in [5, 5.41) is 0.687. The highest BCUT2D eigenvalue weighted by molar-refractivity contribution is 5.86. The van der Waals surface area contributed by atoms with Crippen LogP contribution in [0.5, 0.6) is 5.75 Å². The van der Waals surface area contributed by atoms with Gasteiger partial charge >= 0.3 is 0 Å². The van der Waals surface area contributed by atoms with Crippen LogP contribution in [-0.4, -0.2) is 7.11 Å². The smallest absolute Gasteiger partial charge is 0.137 e. The van der Waals surface area contributed by atoms with Crippen LogP contribution in [0.4, 0.5) is 8.78 Å². The second kappa shape index (κ2) is 8.39. The molecule has 2 saturated carbocycles. The van der Waals surface area contributed by atoms with E-state index in [4.69, 9.17) is 4.74 Å². The van der Waals surface area contributed by atoms with Gasteiger partial charge < -0.3 is 4.74 Å². The van der Waals surface area contributed by atoms with E-state index in [1.807, 2.05) is 12.1 Å². The van der Waals surface area contributed by atoms with Gasteiger partial charge in [-0.15, -0.1) is 0 Å². The third kappa shape index (κ3) is 3.77. The lowest BCUT2D eigenvalue weighted by Gasteiger charge is -2.42. The molecule has 0 aliphatic heterocycles. The number of rotatable bonds is 5. The fourth-order valence-corrected chi connectivity index (χ4v) is 5.82. The van der Waals surface area contributed by atoms with Gasteiger partial charge in [0.25, 0.3) is 0 Å². The molecule has 28 heavy (non-hydrogen) atoms. The first-order valence-corrected chi connectivity index (χ1v) is 11.1. The molecule has 0 heterocycles. The maximum atomic E-state index is 15.3. The predicted octanol–water partition coefficient (Wildman–Crippen LogP) is 7.62. The van der Waals surface area contributed by atoms with Gasteiger partial charge in [0.15, 0.2) is 0 Å². The average Bonchev–Trinajstić information content (AvgIpc) is 2.71. The first kappa shape index (κ1) is 19.7. The molecule has 2 aromatic rings. The van der Waals surface area contributed by atoms with Crippen molar-refractivity contribution < 1.29 is 13.5 Å². The van der Waals surface area contributed by atoms with Gasteiger partial charge in [0.1, 0.15) is 17.4 Å². The number of unbranched alkanes of at least 4 members (excludes halogenated alkanes) is 1. The van der Waals surface area contributed by atoms with Crippen LogP contribution in [0.1, 0.15) is 76.2 Å². The Bertz CT molecular complexity index is 831. The van der Waals surface area contributed by atoms with E-state index < -0.39 is 5.82 Å². The number of hydrogen-bond acceptors (Lipinski definition) is 1. The third-order valence-electron chi connectivity index (χ3n) is 7.37. The molecule has 0 spiro atoms. The van der Waals surface area contributed by atoms with Crippen LogP contribution in [0.3, 0.4) is 0 Å². The molecule has 0 amide bonds. The Morgan fingerprint density at radius 3 is 2.57 bits per heavy atom. The SMILES string of the molecule is CCCCC1CCC2C[C@H](c3ccc4cc(OC)cc(F)c4c3F)CC[C@@H]2C1. The Labute approximate surface area is 167 Å². The number of fused-ring (bicyclic) bond motifs is 2. The number of benzene rings is 2. The van der Waals surface area contributed by atoms with Gasteiger partial charge in [-0.1, -0.05) is 44.7 Å². The van der Waals surface area contributed by atoms with E-state index >= 15 is 4.39 Å². The topological polar surface area (TPSA) is 9.23 Å². The van der Waals surface area contributed by atoms with Gasteiger partial charge in [0.2, 0.25) is 0 Å². The lowest BCUT2D eigenvalue weighted by molar-refractivity contribution is 0.113. The van der Waals surface area contributed by atoms with E-state index in [0.717, 1.165) is 24.7 Å². The summed E-state index contributed by atoms with van der Waals surface area (Å²) < 4.78 is 34.9. The number of ether oxygens (including phenoxy) is 1. The van der Waals surface area contributed by atoms with Gasteiger partial charge in [-0.05, 0) is 72.8 Å². The number of hydrogen-bond donors (Lipinski definition) is 0. The Balaban J connectivity index is 1.52. The largest absolute Gasteiger partial charge is 0.497 e. The van der Waals surface area contributed by atoms with Crippen LogP contribution in [0, 0.1) is 29.4 Å². The molecule has 0 radical (unpaired) electrons. The molecule has 4 rings (SSSR count). The molecule has 0 aromatic heterocycles. The lowest BCUT2D eigenvalue weighted by atomic mass is 9.63. The summed E-state index contributed by atoms with van der Waals surface area (Å²) in [5.41, 5.74) is 0.711. The van der Waals surface area contributed by atoms with E-state index in [1.54, 1.807) is 6.07 Å². The molecule has 3 heteroatoms. The maximum Gasteiger partial charge on any atom is 0.137 e. The van der Waals surface area contributed by atoms with Crippen molar-refractivity contribution in [2.24, 2.45) is 17.8 Å². The van der Waals surface area contributed by atoms with Crippen molar-refractivity contribution in [2.45, 2.75) is 70.6 Å². The minimum absolute atomic E-state index is 0.115. The van der Waals surface area contributed by atoms with Crippen molar-refractivity contribution in [2.75, 3.05) is 7.11 Å². The van der Waals surface area contributed by atoms with Gasteiger partial charge in [0, 0.05) is 6.07 Å². The van der Waals surface area contributed by atoms with Crippen LogP contribution in [0.2, 0.25) is 0 Å². The van der Waals surface area contributed by atoms with Crippen LogP contribution in [-0.2, 0) is 0 Å².